The molecule has 110 valence electrons. The van der Waals surface area contributed by atoms with Crippen molar-refractivity contribution in [3.8, 4) is 5.75 Å². The van der Waals surface area contributed by atoms with Gasteiger partial charge < -0.3 is 13.5 Å². The van der Waals surface area contributed by atoms with Gasteiger partial charge in [-0.25, -0.2) is 0 Å². The van der Waals surface area contributed by atoms with Crippen LogP contribution in [0.3, 0.4) is 0 Å². The summed E-state index contributed by atoms with van der Waals surface area (Å²) in [6.07, 6.45) is 0. The third kappa shape index (κ3) is 2.97. The van der Waals surface area contributed by atoms with E-state index in [-0.39, 0.29) is 5.75 Å². The Balaban J connectivity index is 2.36. The van der Waals surface area contributed by atoms with Crippen LogP contribution in [-0.2, 0) is 19.8 Å². The van der Waals surface area contributed by atoms with Gasteiger partial charge in [0.15, 0.2) is 0 Å². The lowest BCUT2D eigenvalue weighted by Crippen LogP contribution is -2.41. The lowest BCUT2D eigenvalue weighted by atomic mass is 9.78. The van der Waals surface area contributed by atoms with E-state index in [0.29, 0.717) is 5.46 Å². The maximum atomic E-state index is 12.7. The summed E-state index contributed by atoms with van der Waals surface area (Å²) in [5.74, 6) is -0.145. The molecule has 1 heterocycles. The largest absolute Gasteiger partial charge is 0.498 e. The van der Waals surface area contributed by atoms with Crippen LogP contribution < -0.4 is 9.65 Å². The molecule has 0 atom stereocenters. The summed E-state index contributed by atoms with van der Waals surface area (Å²) < 4.78 is 49.9. The third-order valence-electron chi connectivity index (χ3n) is 3.62. The fourth-order valence-electron chi connectivity index (χ4n) is 1.83. The predicted molar refractivity (Wildman–Crippen MR) is 72.8 cm³/mol. The Hall–Kier alpha value is -1.12. The fraction of sp³-hybridized carbons (Fsp3) is 0.500. The molecule has 1 fully saturated rings. The van der Waals surface area contributed by atoms with Gasteiger partial charge in [-0.1, -0.05) is 22.1 Å². The summed E-state index contributed by atoms with van der Waals surface area (Å²) in [5, 5.41) is 0. The second-order valence-electron chi connectivity index (χ2n) is 5.60. The van der Waals surface area contributed by atoms with Crippen molar-refractivity contribution >= 4 is 23.1 Å². The summed E-state index contributed by atoms with van der Waals surface area (Å²) in [4.78, 5) is 0. The fourth-order valence-corrected chi connectivity index (χ4v) is 2.19. The summed E-state index contributed by atoms with van der Waals surface area (Å²) in [7, 11) is -5.92. The van der Waals surface area contributed by atoms with Crippen LogP contribution in [0.1, 0.15) is 27.7 Å². The maximum Gasteiger partial charge on any atom is 0.498 e. The Morgan fingerprint density at radius 2 is 1.60 bits per heavy atom. The van der Waals surface area contributed by atoms with Gasteiger partial charge in [0.05, 0.1) is 11.2 Å². The number of para-hydroxylation sites is 1. The van der Waals surface area contributed by atoms with Crippen LogP contribution in [0.2, 0.25) is 0 Å². The van der Waals surface area contributed by atoms with Crippen molar-refractivity contribution < 1.29 is 25.8 Å². The molecule has 0 bridgehead atoms. The first-order valence-corrected chi connectivity index (χ1v) is 7.41. The van der Waals surface area contributed by atoms with Crippen molar-refractivity contribution in [2.45, 2.75) is 38.9 Å². The topological polar surface area (TPSA) is 61.8 Å². The van der Waals surface area contributed by atoms with Crippen molar-refractivity contribution in [3.05, 3.63) is 24.3 Å². The molecule has 0 unspecified atom stereocenters. The average molecular weight is 302 g/mol. The number of rotatable bonds is 3. The third-order valence-corrected chi connectivity index (χ3v) is 3.99. The van der Waals surface area contributed by atoms with E-state index in [1.807, 2.05) is 27.7 Å². The average Bonchev–Trinajstić information content (AvgIpc) is 2.46. The first kappa shape index (κ1) is 15.3. The predicted octanol–water partition coefficient (Wildman–Crippen LogP) is 1.58. The van der Waals surface area contributed by atoms with Crippen molar-refractivity contribution in [2.75, 3.05) is 0 Å². The first-order valence-electron chi connectivity index (χ1n) is 6.10. The number of hydrogen-bond acceptors (Lipinski definition) is 5. The number of hydrogen-bond donors (Lipinski definition) is 0. The van der Waals surface area contributed by atoms with Crippen LogP contribution in [0.25, 0.3) is 0 Å². The molecule has 0 radical (unpaired) electrons. The summed E-state index contributed by atoms with van der Waals surface area (Å²) >= 11 is 0. The minimum Gasteiger partial charge on any atom is -0.399 e. The molecule has 0 N–H and O–H groups in total. The van der Waals surface area contributed by atoms with Gasteiger partial charge in [0.2, 0.25) is 0 Å². The first-order chi connectivity index (χ1) is 9.02. The lowest BCUT2D eigenvalue weighted by molar-refractivity contribution is 0.00578. The van der Waals surface area contributed by atoms with Crippen LogP contribution in [0, 0.1) is 0 Å². The minimum atomic E-state index is -5.10. The van der Waals surface area contributed by atoms with Crippen LogP contribution in [0.5, 0.6) is 5.75 Å². The Kier molecular flexibility index (Phi) is 3.60. The highest BCUT2D eigenvalue weighted by Gasteiger charge is 2.52. The monoisotopic (exact) mass is 302 g/mol. The van der Waals surface area contributed by atoms with Crippen LogP contribution in [0.15, 0.2) is 24.3 Å². The van der Waals surface area contributed by atoms with Gasteiger partial charge in [-0.05, 0) is 33.8 Å². The summed E-state index contributed by atoms with van der Waals surface area (Å²) in [6, 6.07) is 6.12. The molecule has 0 aromatic heterocycles. The zero-order chi connectivity index (χ0) is 15.2. The maximum absolute atomic E-state index is 12.7. The molecule has 1 aliphatic rings. The Labute approximate surface area is 118 Å². The zero-order valence-corrected chi connectivity index (χ0v) is 12.5. The van der Waals surface area contributed by atoms with Gasteiger partial charge in [0, 0.05) is 5.46 Å². The minimum absolute atomic E-state index is 0.145. The van der Waals surface area contributed by atoms with E-state index in [9.17, 15) is 12.3 Å². The van der Waals surface area contributed by atoms with E-state index in [2.05, 4.69) is 4.18 Å². The quantitative estimate of drug-likeness (QED) is 0.626. The van der Waals surface area contributed by atoms with E-state index in [4.69, 9.17) is 9.31 Å². The summed E-state index contributed by atoms with van der Waals surface area (Å²) in [6.45, 7) is 7.45. The second-order valence-corrected chi connectivity index (χ2v) is 6.56. The summed E-state index contributed by atoms with van der Waals surface area (Å²) in [5.41, 5.74) is -0.842. The smallest absolute Gasteiger partial charge is 0.399 e. The molecule has 5 nitrogen and oxygen atoms in total. The molecular formula is C12H16BFO5S. The molecule has 1 aromatic rings. The van der Waals surface area contributed by atoms with Crippen LogP contribution in [-0.4, -0.2) is 26.7 Å². The Bertz CT molecular complexity index is 598. The normalized spacial score (nSPS) is 20.9. The highest BCUT2D eigenvalue weighted by Crippen LogP contribution is 2.37. The molecule has 1 aliphatic heterocycles. The van der Waals surface area contributed by atoms with Gasteiger partial charge in [-0.15, -0.1) is 0 Å². The second kappa shape index (κ2) is 4.72. The van der Waals surface area contributed by atoms with Crippen molar-refractivity contribution in [1.82, 2.24) is 0 Å². The number of benzene rings is 1. The van der Waals surface area contributed by atoms with Gasteiger partial charge >= 0.3 is 17.6 Å². The van der Waals surface area contributed by atoms with Gasteiger partial charge in [0.25, 0.3) is 0 Å². The molecule has 0 spiro atoms. The molecule has 1 aromatic carbocycles. The molecule has 1 saturated heterocycles. The van der Waals surface area contributed by atoms with E-state index in [1.165, 1.54) is 12.1 Å². The molecule has 2 rings (SSSR count). The SMILES string of the molecule is CC1(C)OB(c2ccccc2OS(=O)(=O)F)OC1(C)C. The van der Waals surface area contributed by atoms with E-state index in [0.717, 1.165) is 0 Å². The van der Waals surface area contributed by atoms with Gasteiger partial charge in [-0.3, -0.25) is 0 Å². The number of halogens is 1. The van der Waals surface area contributed by atoms with Crippen LogP contribution >= 0.6 is 0 Å². The lowest BCUT2D eigenvalue weighted by Gasteiger charge is -2.32. The molecule has 0 amide bonds. The molecular weight excluding hydrogens is 286 g/mol. The Morgan fingerprint density at radius 3 is 2.10 bits per heavy atom. The van der Waals surface area contributed by atoms with Crippen molar-refractivity contribution in [1.29, 1.82) is 0 Å². The van der Waals surface area contributed by atoms with E-state index < -0.39 is 28.8 Å². The van der Waals surface area contributed by atoms with Crippen molar-refractivity contribution in [3.63, 3.8) is 0 Å². The molecule has 8 heteroatoms. The van der Waals surface area contributed by atoms with Crippen molar-refractivity contribution in [2.24, 2.45) is 0 Å². The zero-order valence-electron chi connectivity index (χ0n) is 11.7. The molecule has 0 saturated carbocycles. The Morgan fingerprint density at radius 1 is 1.10 bits per heavy atom. The molecule has 0 aliphatic carbocycles. The van der Waals surface area contributed by atoms with Crippen LogP contribution in [0.4, 0.5) is 3.89 Å². The van der Waals surface area contributed by atoms with E-state index in [1.54, 1.807) is 12.1 Å². The standard InChI is InChI=1S/C12H16BFO5S/c1-11(2)12(3,4)19-13(18-11)9-7-5-6-8-10(9)17-20(14,15)16/h5-8H,1-4H3. The van der Waals surface area contributed by atoms with E-state index >= 15 is 0 Å². The van der Waals surface area contributed by atoms with Gasteiger partial charge in [0.1, 0.15) is 5.75 Å². The highest BCUT2D eigenvalue weighted by molar-refractivity contribution is 7.81. The highest BCUT2D eigenvalue weighted by atomic mass is 32.3. The molecule has 20 heavy (non-hydrogen) atoms. The van der Waals surface area contributed by atoms with Gasteiger partial charge in [-0.2, -0.15) is 8.42 Å².